The van der Waals surface area contributed by atoms with Crippen LogP contribution in [0.5, 0.6) is 0 Å². The van der Waals surface area contributed by atoms with Crippen LogP contribution < -0.4 is 5.32 Å². The Balaban J connectivity index is 2.06. The van der Waals surface area contributed by atoms with Gasteiger partial charge in [-0.25, -0.2) is 4.98 Å². The van der Waals surface area contributed by atoms with Crippen LogP contribution in [-0.4, -0.2) is 11.5 Å². The summed E-state index contributed by atoms with van der Waals surface area (Å²) < 4.78 is 0. The van der Waals surface area contributed by atoms with Crippen LogP contribution in [0.2, 0.25) is 0 Å². The summed E-state index contributed by atoms with van der Waals surface area (Å²) in [5.74, 6) is 0.702. The summed E-state index contributed by atoms with van der Waals surface area (Å²) in [5, 5.41) is 6.78. The van der Waals surface area contributed by atoms with Crippen LogP contribution in [0.15, 0.2) is 29.6 Å². The molecule has 1 heterocycles. The third-order valence-corrected chi connectivity index (χ3v) is 4.42. The highest BCUT2D eigenvalue weighted by Gasteiger charge is 2.10. The second-order valence-electron chi connectivity index (χ2n) is 6.05. The fourth-order valence-corrected chi connectivity index (χ4v) is 3.26. The lowest BCUT2D eigenvalue weighted by Gasteiger charge is -2.09. The molecule has 2 nitrogen and oxygen atoms in total. The number of aromatic nitrogens is 1. The molecule has 114 valence electrons. The van der Waals surface area contributed by atoms with Crippen molar-refractivity contribution < 1.29 is 0 Å². The maximum Gasteiger partial charge on any atom is 0.123 e. The zero-order valence-corrected chi connectivity index (χ0v) is 14.3. The number of hydrogen-bond acceptors (Lipinski definition) is 3. The van der Waals surface area contributed by atoms with Crippen molar-refractivity contribution in [2.24, 2.45) is 5.92 Å². The van der Waals surface area contributed by atoms with E-state index in [9.17, 15) is 0 Å². The van der Waals surface area contributed by atoms with Gasteiger partial charge in [-0.3, -0.25) is 0 Å². The fourth-order valence-electron chi connectivity index (χ4n) is 2.34. The quantitative estimate of drug-likeness (QED) is 0.772. The van der Waals surface area contributed by atoms with Crippen molar-refractivity contribution >= 4 is 11.3 Å². The lowest BCUT2D eigenvalue weighted by atomic mass is 10.0. The molecular formula is C18H26N2S. The SMILES string of the molecule is CCCNC(C)c1csc(-c2ccc(CC(C)C)cc2)n1. The molecule has 0 aliphatic heterocycles. The van der Waals surface area contributed by atoms with Crippen molar-refractivity contribution in [1.29, 1.82) is 0 Å². The maximum absolute atomic E-state index is 4.78. The molecule has 0 spiro atoms. The van der Waals surface area contributed by atoms with E-state index >= 15 is 0 Å². The molecule has 2 aromatic rings. The zero-order valence-electron chi connectivity index (χ0n) is 13.5. The van der Waals surface area contributed by atoms with Gasteiger partial charge >= 0.3 is 0 Å². The predicted octanol–water partition coefficient (Wildman–Crippen LogP) is 5.07. The molecule has 1 atom stereocenters. The largest absolute Gasteiger partial charge is 0.309 e. The van der Waals surface area contributed by atoms with Crippen molar-refractivity contribution in [2.75, 3.05) is 6.54 Å². The Morgan fingerprint density at radius 1 is 1.14 bits per heavy atom. The smallest absolute Gasteiger partial charge is 0.123 e. The van der Waals surface area contributed by atoms with E-state index in [0.29, 0.717) is 12.0 Å². The molecule has 0 bridgehead atoms. The van der Waals surface area contributed by atoms with Gasteiger partial charge in [-0.15, -0.1) is 11.3 Å². The number of nitrogens with zero attached hydrogens (tertiary/aromatic N) is 1. The molecule has 0 aliphatic carbocycles. The van der Waals surface area contributed by atoms with Gasteiger partial charge in [0, 0.05) is 17.0 Å². The summed E-state index contributed by atoms with van der Waals surface area (Å²) >= 11 is 1.73. The van der Waals surface area contributed by atoms with E-state index in [1.165, 1.54) is 11.1 Å². The standard InChI is InChI=1S/C18H26N2S/c1-5-10-19-14(4)17-12-21-18(20-17)16-8-6-15(7-9-16)11-13(2)3/h6-9,12-14,19H,5,10-11H2,1-4H3. The third-order valence-electron chi connectivity index (χ3n) is 3.51. The van der Waals surface area contributed by atoms with Crippen molar-refractivity contribution in [3.05, 3.63) is 40.9 Å². The summed E-state index contributed by atoms with van der Waals surface area (Å²) in [7, 11) is 0. The summed E-state index contributed by atoms with van der Waals surface area (Å²) in [6.07, 6.45) is 2.29. The molecule has 0 aliphatic rings. The van der Waals surface area contributed by atoms with Gasteiger partial charge in [-0.05, 0) is 37.8 Å². The van der Waals surface area contributed by atoms with E-state index in [2.05, 4.69) is 62.7 Å². The first-order chi connectivity index (χ1) is 10.1. The lowest BCUT2D eigenvalue weighted by Crippen LogP contribution is -2.19. The van der Waals surface area contributed by atoms with Crippen LogP contribution in [-0.2, 0) is 6.42 Å². The molecule has 1 N–H and O–H groups in total. The molecule has 1 unspecified atom stereocenters. The Labute approximate surface area is 132 Å². The highest BCUT2D eigenvalue weighted by molar-refractivity contribution is 7.13. The minimum absolute atomic E-state index is 0.329. The molecule has 21 heavy (non-hydrogen) atoms. The Hall–Kier alpha value is -1.19. The van der Waals surface area contributed by atoms with E-state index < -0.39 is 0 Å². The lowest BCUT2D eigenvalue weighted by molar-refractivity contribution is 0.561. The van der Waals surface area contributed by atoms with Crippen LogP contribution in [0.4, 0.5) is 0 Å². The van der Waals surface area contributed by atoms with Gasteiger partial charge in [-0.2, -0.15) is 0 Å². The monoisotopic (exact) mass is 302 g/mol. The van der Waals surface area contributed by atoms with Gasteiger partial charge in [0.25, 0.3) is 0 Å². The minimum atomic E-state index is 0.329. The number of nitrogens with one attached hydrogen (secondary N) is 1. The normalized spacial score (nSPS) is 12.8. The van der Waals surface area contributed by atoms with Gasteiger partial charge in [0.15, 0.2) is 0 Å². The first-order valence-electron chi connectivity index (χ1n) is 7.88. The van der Waals surface area contributed by atoms with Crippen molar-refractivity contribution in [2.45, 2.75) is 46.6 Å². The number of hydrogen-bond donors (Lipinski definition) is 1. The number of benzene rings is 1. The summed E-state index contributed by atoms with van der Waals surface area (Å²) in [6.45, 7) is 9.92. The van der Waals surface area contributed by atoms with Crippen LogP contribution in [0.3, 0.4) is 0 Å². The highest BCUT2D eigenvalue weighted by Crippen LogP contribution is 2.26. The summed E-state index contributed by atoms with van der Waals surface area (Å²) in [4.78, 5) is 4.78. The first-order valence-corrected chi connectivity index (χ1v) is 8.76. The second-order valence-corrected chi connectivity index (χ2v) is 6.91. The van der Waals surface area contributed by atoms with Crippen molar-refractivity contribution in [3.8, 4) is 10.6 Å². The molecule has 2 rings (SSSR count). The number of rotatable bonds is 7. The molecule has 0 radical (unpaired) electrons. The van der Waals surface area contributed by atoms with Crippen LogP contribution in [0.25, 0.3) is 10.6 Å². The average molecular weight is 302 g/mol. The molecule has 3 heteroatoms. The van der Waals surface area contributed by atoms with Crippen molar-refractivity contribution in [3.63, 3.8) is 0 Å². The molecule has 0 saturated carbocycles. The third kappa shape index (κ3) is 4.65. The molecule has 1 aromatic heterocycles. The van der Waals surface area contributed by atoms with Crippen LogP contribution in [0.1, 0.15) is 51.4 Å². The molecule has 0 amide bonds. The fraction of sp³-hybridized carbons (Fsp3) is 0.500. The Bertz CT molecular complexity index is 543. The highest BCUT2D eigenvalue weighted by atomic mass is 32.1. The van der Waals surface area contributed by atoms with Crippen LogP contribution in [0, 0.1) is 5.92 Å². The van der Waals surface area contributed by atoms with Gasteiger partial charge in [0.05, 0.1) is 5.69 Å². The Morgan fingerprint density at radius 2 is 1.86 bits per heavy atom. The van der Waals surface area contributed by atoms with Gasteiger partial charge in [0.1, 0.15) is 5.01 Å². The van der Waals surface area contributed by atoms with E-state index in [1.54, 1.807) is 11.3 Å². The van der Waals surface area contributed by atoms with E-state index in [4.69, 9.17) is 4.98 Å². The molecule has 0 saturated heterocycles. The number of thiazole rings is 1. The van der Waals surface area contributed by atoms with Crippen molar-refractivity contribution in [1.82, 2.24) is 10.3 Å². The maximum atomic E-state index is 4.78. The van der Waals surface area contributed by atoms with Crippen LogP contribution >= 0.6 is 11.3 Å². The second kappa shape index (κ2) is 7.71. The topological polar surface area (TPSA) is 24.9 Å². The Kier molecular flexibility index (Phi) is 5.95. The average Bonchev–Trinajstić information content (AvgIpc) is 2.95. The van der Waals surface area contributed by atoms with Gasteiger partial charge in [-0.1, -0.05) is 45.0 Å². The summed E-state index contributed by atoms with van der Waals surface area (Å²) in [6, 6.07) is 9.19. The molecule has 0 fully saturated rings. The van der Waals surface area contributed by atoms with Gasteiger partial charge < -0.3 is 5.32 Å². The zero-order chi connectivity index (χ0) is 15.2. The Morgan fingerprint density at radius 3 is 2.48 bits per heavy atom. The first kappa shape index (κ1) is 16.2. The predicted molar refractivity (Wildman–Crippen MR) is 92.8 cm³/mol. The molecule has 1 aromatic carbocycles. The van der Waals surface area contributed by atoms with E-state index in [-0.39, 0.29) is 0 Å². The van der Waals surface area contributed by atoms with Gasteiger partial charge in [0.2, 0.25) is 0 Å². The van der Waals surface area contributed by atoms with E-state index in [0.717, 1.165) is 30.1 Å². The molecular weight excluding hydrogens is 276 g/mol. The summed E-state index contributed by atoms with van der Waals surface area (Å²) in [5.41, 5.74) is 3.78. The van der Waals surface area contributed by atoms with E-state index in [1.807, 2.05) is 0 Å². The minimum Gasteiger partial charge on any atom is -0.309 e.